The van der Waals surface area contributed by atoms with E-state index in [9.17, 15) is 4.79 Å². The molecular weight excluding hydrogens is 440 g/mol. The van der Waals surface area contributed by atoms with Gasteiger partial charge in [0.2, 0.25) is 5.91 Å². The van der Waals surface area contributed by atoms with E-state index >= 15 is 0 Å². The largest absolute Gasteiger partial charge is 0.497 e. The van der Waals surface area contributed by atoms with Gasteiger partial charge in [0.25, 0.3) is 5.89 Å². The number of carbonyl (C=O) groups excluding carboxylic acids is 1. The van der Waals surface area contributed by atoms with Gasteiger partial charge in [-0.25, -0.2) is 0 Å². The number of nitrogens with zero attached hydrogens (tertiary/aromatic N) is 4. The van der Waals surface area contributed by atoms with Gasteiger partial charge < -0.3 is 14.2 Å². The van der Waals surface area contributed by atoms with E-state index in [1.54, 1.807) is 7.11 Å². The van der Waals surface area contributed by atoms with E-state index < -0.39 is 5.41 Å². The predicted octanol–water partition coefficient (Wildman–Crippen LogP) is 4.60. The Kier molecular flexibility index (Phi) is 6.86. The van der Waals surface area contributed by atoms with Gasteiger partial charge in [0, 0.05) is 31.7 Å². The Hall–Kier alpha value is -3.19. The van der Waals surface area contributed by atoms with E-state index in [0.29, 0.717) is 18.3 Å². The molecule has 0 N–H and O–H groups in total. The lowest BCUT2D eigenvalue weighted by Gasteiger charge is -2.43. The van der Waals surface area contributed by atoms with E-state index in [0.717, 1.165) is 68.7 Å². The monoisotopic (exact) mass is 474 g/mol. The fourth-order valence-electron chi connectivity index (χ4n) is 5.43. The molecule has 0 radical (unpaired) electrons. The Labute approximate surface area is 207 Å². The van der Waals surface area contributed by atoms with E-state index in [-0.39, 0.29) is 5.91 Å². The summed E-state index contributed by atoms with van der Waals surface area (Å²) in [5.41, 5.74) is 2.84. The van der Waals surface area contributed by atoms with Crippen molar-refractivity contribution in [1.82, 2.24) is 19.9 Å². The Balaban J connectivity index is 1.23. The minimum absolute atomic E-state index is 0.281. The summed E-state index contributed by atoms with van der Waals surface area (Å²) in [5.74, 6) is 2.34. The molecule has 1 amide bonds. The zero-order chi connectivity index (χ0) is 24.3. The van der Waals surface area contributed by atoms with Crippen LogP contribution in [0, 0.1) is 6.92 Å². The molecule has 1 aliphatic carbocycles. The molecule has 0 unspecified atom stereocenters. The number of rotatable bonds is 6. The third-order valence-electron chi connectivity index (χ3n) is 7.55. The van der Waals surface area contributed by atoms with E-state index in [1.165, 1.54) is 12.0 Å². The molecule has 3 aromatic rings. The minimum atomic E-state index is -0.413. The fraction of sp³-hybridized carbons (Fsp3) is 0.464. The van der Waals surface area contributed by atoms with Crippen molar-refractivity contribution in [2.45, 2.75) is 51.0 Å². The van der Waals surface area contributed by atoms with Crippen LogP contribution in [0.25, 0.3) is 11.5 Å². The average Bonchev–Trinajstić information content (AvgIpc) is 3.38. The summed E-state index contributed by atoms with van der Waals surface area (Å²) in [4.78, 5) is 22.9. The molecular formula is C28H34N4O3. The first kappa shape index (κ1) is 23.5. The van der Waals surface area contributed by atoms with Crippen LogP contribution in [0.4, 0.5) is 0 Å². The van der Waals surface area contributed by atoms with Gasteiger partial charge in [0.05, 0.1) is 19.1 Å². The summed E-state index contributed by atoms with van der Waals surface area (Å²) in [6, 6.07) is 16.2. The van der Waals surface area contributed by atoms with Gasteiger partial charge in [0.1, 0.15) is 5.75 Å². The Morgan fingerprint density at radius 3 is 2.31 bits per heavy atom. The maximum Gasteiger partial charge on any atom is 0.257 e. The van der Waals surface area contributed by atoms with Gasteiger partial charge in [-0.1, -0.05) is 54.2 Å². The normalized spacial score (nSPS) is 18.4. The van der Waals surface area contributed by atoms with Crippen LogP contribution in [-0.2, 0) is 16.8 Å². The summed E-state index contributed by atoms with van der Waals surface area (Å²) in [7, 11) is 1.67. The molecule has 0 bridgehead atoms. The molecule has 1 aliphatic heterocycles. The maximum atomic E-state index is 13.9. The highest BCUT2D eigenvalue weighted by atomic mass is 16.5. The second-order valence-electron chi connectivity index (χ2n) is 9.82. The van der Waals surface area contributed by atoms with Crippen molar-refractivity contribution in [2.24, 2.45) is 0 Å². The van der Waals surface area contributed by atoms with Crippen molar-refractivity contribution in [3.05, 3.63) is 65.5 Å². The molecule has 184 valence electrons. The van der Waals surface area contributed by atoms with Gasteiger partial charge >= 0.3 is 0 Å². The number of ether oxygens (including phenoxy) is 1. The third-order valence-corrected chi connectivity index (χ3v) is 7.55. The molecule has 1 saturated carbocycles. The summed E-state index contributed by atoms with van der Waals surface area (Å²) in [5, 5.41) is 4.18. The molecule has 2 aliphatic rings. The number of amides is 1. The van der Waals surface area contributed by atoms with Crippen molar-refractivity contribution in [3.8, 4) is 17.2 Å². The highest BCUT2D eigenvalue weighted by Gasteiger charge is 2.44. The zero-order valence-electron chi connectivity index (χ0n) is 20.7. The van der Waals surface area contributed by atoms with Gasteiger partial charge in [-0.15, -0.1) is 0 Å². The van der Waals surface area contributed by atoms with Crippen LogP contribution >= 0.6 is 0 Å². The van der Waals surface area contributed by atoms with Crippen LogP contribution in [0.3, 0.4) is 0 Å². The van der Waals surface area contributed by atoms with Crippen LogP contribution in [-0.4, -0.2) is 59.1 Å². The summed E-state index contributed by atoms with van der Waals surface area (Å²) < 4.78 is 10.8. The van der Waals surface area contributed by atoms with Crippen LogP contribution in [0.2, 0.25) is 0 Å². The van der Waals surface area contributed by atoms with Crippen molar-refractivity contribution >= 4 is 5.91 Å². The summed E-state index contributed by atoms with van der Waals surface area (Å²) >= 11 is 0. The molecule has 2 aromatic carbocycles. The second-order valence-corrected chi connectivity index (χ2v) is 9.82. The highest BCUT2D eigenvalue weighted by molar-refractivity contribution is 5.88. The number of hydrogen-bond acceptors (Lipinski definition) is 6. The Morgan fingerprint density at radius 2 is 1.66 bits per heavy atom. The highest BCUT2D eigenvalue weighted by Crippen LogP contribution is 2.41. The third kappa shape index (κ3) is 4.96. The summed E-state index contributed by atoms with van der Waals surface area (Å²) in [6.07, 6.45) is 5.23. The van der Waals surface area contributed by atoms with Gasteiger partial charge in [-0.05, 0) is 49.6 Å². The second kappa shape index (κ2) is 10.2. The van der Waals surface area contributed by atoms with Crippen molar-refractivity contribution < 1.29 is 14.1 Å². The number of hydrogen-bond donors (Lipinski definition) is 0. The molecule has 7 nitrogen and oxygen atoms in total. The first-order valence-electron chi connectivity index (χ1n) is 12.6. The maximum absolute atomic E-state index is 13.9. The molecule has 2 fully saturated rings. The van der Waals surface area contributed by atoms with Crippen molar-refractivity contribution in [2.75, 3.05) is 33.3 Å². The SMILES string of the molecule is COc1ccc(C2(C(=O)N3CCN(Cc4noc(-c5ccc(C)cc5)n4)CC3)CCCCC2)cc1. The molecule has 1 saturated heterocycles. The van der Waals surface area contributed by atoms with E-state index in [2.05, 4.69) is 39.0 Å². The van der Waals surface area contributed by atoms with Gasteiger partial charge in [-0.3, -0.25) is 9.69 Å². The lowest BCUT2D eigenvalue weighted by Crippen LogP contribution is -2.55. The fourth-order valence-corrected chi connectivity index (χ4v) is 5.43. The standard InChI is InChI=1S/C28H34N4O3/c1-21-6-8-22(9-7-21)26-29-25(30-35-26)20-31-16-18-32(19-17-31)27(33)28(14-4-3-5-15-28)23-10-12-24(34-2)13-11-23/h6-13H,3-5,14-20H2,1-2H3. The number of aromatic nitrogens is 2. The smallest absolute Gasteiger partial charge is 0.257 e. The average molecular weight is 475 g/mol. The number of aryl methyl sites for hydroxylation is 1. The first-order valence-corrected chi connectivity index (χ1v) is 12.6. The van der Waals surface area contributed by atoms with Gasteiger partial charge in [0.15, 0.2) is 5.82 Å². The molecule has 7 heteroatoms. The molecule has 1 aromatic heterocycles. The molecule has 35 heavy (non-hydrogen) atoms. The topological polar surface area (TPSA) is 71.7 Å². The lowest BCUT2D eigenvalue weighted by atomic mass is 9.68. The predicted molar refractivity (Wildman–Crippen MR) is 134 cm³/mol. The van der Waals surface area contributed by atoms with Crippen molar-refractivity contribution in [1.29, 1.82) is 0 Å². The molecule has 5 rings (SSSR count). The van der Waals surface area contributed by atoms with Crippen molar-refractivity contribution in [3.63, 3.8) is 0 Å². The number of piperazine rings is 1. The quantitative estimate of drug-likeness (QED) is 0.520. The van der Waals surface area contributed by atoms with E-state index in [1.807, 2.05) is 36.4 Å². The minimum Gasteiger partial charge on any atom is -0.497 e. The van der Waals surface area contributed by atoms with Crippen LogP contribution in [0.15, 0.2) is 53.1 Å². The van der Waals surface area contributed by atoms with Crippen LogP contribution < -0.4 is 4.74 Å². The number of benzene rings is 2. The molecule has 0 atom stereocenters. The van der Waals surface area contributed by atoms with Crippen LogP contribution in [0.1, 0.15) is 49.1 Å². The molecule has 2 heterocycles. The lowest BCUT2D eigenvalue weighted by molar-refractivity contribution is -0.140. The van der Waals surface area contributed by atoms with Crippen LogP contribution in [0.5, 0.6) is 5.75 Å². The number of methoxy groups -OCH3 is 1. The molecule has 0 spiro atoms. The Bertz CT molecular complexity index is 1130. The summed E-state index contributed by atoms with van der Waals surface area (Å²) in [6.45, 7) is 5.73. The number of carbonyl (C=O) groups is 1. The zero-order valence-corrected chi connectivity index (χ0v) is 20.7. The first-order chi connectivity index (χ1) is 17.1. The Morgan fingerprint density at radius 1 is 0.971 bits per heavy atom. The van der Waals surface area contributed by atoms with E-state index in [4.69, 9.17) is 9.26 Å². The van der Waals surface area contributed by atoms with Gasteiger partial charge in [-0.2, -0.15) is 4.98 Å².